The number of aromatic nitrogens is 3. The van der Waals surface area contributed by atoms with E-state index in [1.54, 1.807) is 24.9 Å². The van der Waals surface area contributed by atoms with E-state index in [4.69, 9.17) is 9.72 Å². The van der Waals surface area contributed by atoms with Crippen LogP contribution in [0.1, 0.15) is 105 Å². The van der Waals surface area contributed by atoms with Crippen LogP contribution >= 0.6 is 0 Å². The van der Waals surface area contributed by atoms with Crippen molar-refractivity contribution in [2.24, 2.45) is 0 Å². The maximum absolute atomic E-state index is 13.3. The number of carbonyl (C=O) groups excluding carboxylic acids is 1. The predicted octanol–water partition coefficient (Wildman–Crippen LogP) is 7.62. The van der Waals surface area contributed by atoms with Crippen LogP contribution in [-0.4, -0.2) is 48.4 Å². The number of unbranched alkanes of at least 4 members (excludes halogenated alkanes) is 8. The summed E-state index contributed by atoms with van der Waals surface area (Å²) in [6.07, 6.45) is 12.4. The predicted molar refractivity (Wildman–Crippen MR) is 155 cm³/mol. The van der Waals surface area contributed by atoms with Gasteiger partial charge in [-0.25, -0.2) is 9.78 Å². The SMILES string of the molecule is CCCCCCCCCCCN(Cc1nc2cnc3ccccc3c2n1CC(C)(C)O)C(=O)OC(C)(C)C. The lowest BCUT2D eigenvalue weighted by Gasteiger charge is -2.28. The van der Waals surface area contributed by atoms with Gasteiger partial charge in [0, 0.05) is 11.9 Å². The van der Waals surface area contributed by atoms with Crippen molar-refractivity contribution in [2.45, 2.75) is 124 Å². The molecule has 38 heavy (non-hydrogen) atoms. The topological polar surface area (TPSA) is 80.5 Å². The molecule has 7 heteroatoms. The van der Waals surface area contributed by atoms with E-state index in [0.29, 0.717) is 19.6 Å². The Labute approximate surface area is 228 Å². The van der Waals surface area contributed by atoms with Crippen molar-refractivity contribution in [1.82, 2.24) is 19.4 Å². The molecule has 0 aliphatic rings. The normalized spacial score (nSPS) is 12.4. The third-order valence-corrected chi connectivity index (χ3v) is 6.62. The molecule has 210 valence electrons. The van der Waals surface area contributed by atoms with Gasteiger partial charge < -0.3 is 19.3 Å². The molecular weight excluding hydrogens is 476 g/mol. The van der Waals surface area contributed by atoms with Crippen molar-refractivity contribution in [1.29, 1.82) is 0 Å². The van der Waals surface area contributed by atoms with E-state index in [0.717, 1.165) is 40.6 Å². The smallest absolute Gasteiger partial charge is 0.410 e. The summed E-state index contributed by atoms with van der Waals surface area (Å²) in [7, 11) is 0. The maximum atomic E-state index is 13.3. The van der Waals surface area contributed by atoms with Gasteiger partial charge in [-0.05, 0) is 47.1 Å². The Balaban J connectivity index is 1.81. The molecule has 0 radical (unpaired) electrons. The number of pyridine rings is 1. The minimum atomic E-state index is -0.958. The van der Waals surface area contributed by atoms with Crippen molar-refractivity contribution in [3.8, 4) is 0 Å². The van der Waals surface area contributed by atoms with Gasteiger partial charge in [0.25, 0.3) is 0 Å². The van der Waals surface area contributed by atoms with Gasteiger partial charge in [0.05, 0.1) is 35.9 Å². The van der Waals surface area contributed by atoms with Crippen LogP contribution in [0.15, 0.2) is 30.5 Å². The van der Waals surface area contributed by atoms with E-state index in [2.05, 4.69) is 11.9 Å². The lowest BCUT2D eigenvalue weighted by molar-refractivity contribution is 0.0219. The molecule has 0 saturated heterocycles. The fourth-order valence-corrected chi connectivity index (χ4v) is 4.83. The van der Waals surface area contributed by atoms with E-state index in [-0.39, 0.29) is 6.09 Å². The first kappa shape index (κ1) is 29.9. The molecule has 1 aromatic carbocycles. The Morgan fingerprint density at radius 1 is 0.947 bits per heavy atom. The Bertz CT molecular complexity index is 1170. The van der Waals surface area contributed by atoms with Crippen LogP contribution in [0.3, 0.4) is 0 Å². The quantitative estimate of drug-likeness (QED) is 0.219. The van der Waals surface area contributed by atoms with E-state index >= 15 is 0 Å². The van der Waals surface area contributed by atoms with Gasteiger partial charge in [-0.3, -0.25) is 4.98 Å². The second-order valence-electron chi connectivity index (χ2n) is 12.2. The number of ether oxygens (including phenoxy) is 1. The highest BCUT2D eigenvalue weighted by Gasteiger charge is 2.26. The van der Waals surface area contributed by atoms with Crippen molar-refractivity contribution in [3.05, 3.63) is 36.3 Å². The number of nitrogens with zero attached hydrogens (tertiary/aromatic N) is 4. The number of imidazole rings is 1. The lowest BCUT2D eigenvalue weighted by atomic mass is 10.1. The summed E-state index contributed by atoms with van der Waals surface area (Å²) in [6.45, 7) is 12.8. The van der Waals surface area contributed by atoms with Gasteiger partial charge in [-0.15, -0.1) is 0 Å². The summed E-state index contributed by atoms with van der Waals surface area (Å²) in [6, 6.07) is 7.97. The number of fused-ring (bicyclic) bond motifs is 3. The summed E-state index contributed by atoms with van der Waals surface area (Å²) < 4.78 is 7.83. The van der Waals surface area contributed by atoms with Crippen molar-refractivity contribution in [3.63, 3.8) is 0 Å². The van der Waals surface area contributed by atoms with Crippen molar-refractivity contribution in [2.75, 3.05) is 6.54 Å². The van der Waals surface area contributed by atoms with Gasteiger partial charge in [0.15, 0.2) is 0 Å². The summed E-state index contributed by atoms with van der Waals surface area (Å²) in [5, 5.41) is 11.7. The zero-order chi connectivity index (χ0) is 27.8. The van der Waals surface area contributed by atoms with E-state index in [1.165, 1.54) is 44.9 Å². The first-order valence-electron chi connectivity index (χ1n) is 14.4. The molecule has 7 nitrogen and oxygen atoms in total. The highest BCUT2D eigenvalue weighted by atomic mass is 16.6. The zero-order valence-corrected chi connectivity index (χ0v) is 24.4. The molecule has 2 aromatic heterocycles. The highest BCUT2D eigenvalue weighted by molar-refractivity contribution is 6.02. The Kier molecular flexibility index (Phi) is 10.5. The zero-order valence-electron chi connectivity index (χ0n) is 24.4. The van der Waals surface area contributed by atoms with Gasteiger partial charge in [-0.2, -0.15) is 0 Å². The largest absolute Gasteiger partial charge is 0.444 e. The molecule has 0 bridgehead atoms. The number of carbonyl (C=O) groups is 1. The van der Waals surface area contributed by atoms with Crippen LogP contribution in [0.25, 0.3) is 21.9 Å². The Hall–Kier alpha value is -2.67. The monoisotopic (exact) mass is 524 g/mol. The molecule has 0 spiro atoms. The van der Waals surface area contributed by atoms with Crippen LogP contribution in [-0.2, 0) is 17.8 Å². The maximum Gasteiger partial charge on any atom is 0.410 e. The van der Waals surface area contributed by atoms with E-state index in [1.807, 2.05) is 49.6 Å². The van der Waals surface area contributed by atoms with E-state index < -0.39 is 11.2 Å². The number of hydrogen-bond acceptors (Lipinski definition) is 5. The summed E-state index contributed by atoms with van der Waals surface area (Å²) in [5.41, 5.74) is 1.03. The molecule has 0 aliphatic heterocycles. The van der Waals surface area contributed by atoms with Crippen molar-refractivity contribution >= 4 is 28.0 Å². The fourth-order valence-electron chi connectivity index (χ4n) is 4.83. The summed E-state index contributed by atoms with van der Waals surface area (Å²) in [4.78, 5) is 24.5. The second-order valence-corrected chi connectivity index (χ2v) is 12.2. The highest BCUT2D eigenvalue weighted by Crippen LogP contribution is 2.27. The molecule has 3 rings (SSSR count). The molecule has 0 aliphatic carbocycles. The van der Waals surface area contributed by atoms with Gasteiger partial charge in [0.1, 0.15) is 16.9 Å². The Morgan fingerprint density at radius 2 is 1.58 bits per heavy atom. The number of amides is 1. The molecular formula is C31H48N4O3. The minimum Gasteiger partial charge on any atom is -0.444 e. The fraction of sp³-hybridized carbons (Fsp3) is 0.645. The molecule has 0 fully saturated rings. The summed E-state index contributed by atoms with van der Waals surface area (Å²) in [5.74, 6) is 0.724. The standard InChI is InChI=1S/C31H48N4O3/c1-7-8-9-10-11-12-13-14-17-20-34(29(36)38-30(2,3)4)22-27-33-26-21-32-25-19-16-15-18-24(25)28(26)35(27)23-31(5,6)37/h15-16,18-19,21,37H,7-14,17,20,22-23H2,1-6H3. The summed E-state index contributed by atoms with van der Waals surface area (Å²) >= 11 is 0. The van der Waals surface area contributed by atoms with Crippen LogP contribution < -0.4 is 0 Å². The number of aliphatic hydroxyl groups is 1. The van der Waals surface area contributed by atoms with Crippen LogP contribution in [0.4, 0.5) is 4.79 Å². The molecule has 0 unspecified atom stereocenters. The average molecular weight is 525 g/mol. The molecule has 1 amide bonds. The number of para-hydroxylation sites is 1. The molecule has 0 atom stereocenters. The van der Waals surface area contributed by atoms with Crippen molar-refractivity contribution < 1.29 is 14.6 Å². The molecule has 0 saturated carbocycles. The number of benzene rings is 1. The lowest BCUT2D eigenvalue weighted by Crippen LogP contribution is -2.38. The number of rotatable bonds is 14. The average Bonchev–Trinajstić information content (AvgIpc) is 3.17. The molecule has 1 N–H and O–H groups in total. The molecule has 3 aromatic rings. The van der Waals surface area contributed by atoms with E-state index in [9.17, 15) is 9.90 Å². The first-order chi connectivity index (χ1) is 18.0. The van der Waals surface area contributed by atoms with Crippen LogP contribution in [0.5, 0.6) is 0 Å². The third kappa shape index (κ3) is 8.97. The van der Waals surface area contributed by atoms with Gasteiger partial charge >= 0.3 is 6.09 Å². The first-order valence-corrected chi connectivity index (χ1v) is 14.4. The van der Waals surface area contributed by atoms with Crippen LogP contribution in [0, 0.1) is 0 Å². The van der Waals surface area contributed by atoms with Gasteiger partial charge in [0.2, 0.25) is 0 Å². The number of hydrogen-bond donors (Lipinski definition) is 1. The Morgan fingerprint density at radius 3 is 2.21 bits per heavy atom. The second kappa shape index (κ2) is 13.4. The minimum absolute atomic E-state index is 0.311. The van der Waals surface area contributed by atoms with Crippen LogP contribution in [0.2, 0.25) is 0 Å². The van der Waals surface area contributed by atoms with Gasteiger partial charge in [-0.1, -0.05) is 76.5 Å². The third-order valence-electron chi connectivity index (χ3n) is 6.62. The molecule has 2 heterocycles.